The van der Waals surface area contributed by atoms with Crippen LogP contribution in [0.1, 0.15) is 41.1 Å². The number of nitrogens with one attached hydrogen (secondary N) is 1. The van der Waals surface area contributed by atoms with E-state index in [1.165, 1.54) is 11.8 Å². The third kappa shape index (κ3) is 6.23. The highest BCUT2D eigenvalue weighted by Crippen LogP contribution is 2.26. The highest BCUT2D eigenvalue weighted by Gasteiger charge is 2.20. The van der Waals surface area contributed by atoms with Crippen molar-refractivity contribution in [1.82, 2.24) is 14.8 Å². The van der Waals surface area contributed by atoms with Gasteiger partial charge in [0, 0.05) is 12.2 Å². The summed E-state index contributed by atoms with van der Waals surface area (Å²) in [7, 11) is 0. The molecule has 0 spiro atoms. The van der Waals surface area contributed by atoms with Crippen LogP contribution in [-0.4, -0.2) is 26.4 Å². The van der Waals surface area contributed by atoms with Crippen molar-refractivity contribution >= 4 is 23.4 Å². The molecule has 1 heterocycles. The topological polar surface area (TPSA) is 69.0 Å². The van der Waals surface area contributed by atoms with E-state index in [4.69, 9.17) is 4.74 Å². The molecule has 1 amide bonds. The Morgan fingerprint density at radius 3 is 2.25 bits per heavy atom. The maximum atomic E-state index is 12.5. The van der Waals surface area contributed by atoms with Gasteiger partial charge in [-0.1, -0.05) is 30.0 Å². The number of hydrogen-bond donors (Lipinski definition) is 1. The van der Waals surface area contributed by atoms with Gasteiger partial charge in [-0.05, 0) is 81.1 Å². The van der Waals surface area contributed by atoms with E-state index in [1.807, 2.05) is 63.5 Å². The number of aromatic nitrogens is 3. The van der Waals surface area contributed by atoms with Gasteiger partial charge in [-0.3, -0.25) is 9.36 Å². The number of carbonyl (C=O) groups is 1. The Kier molecular flexibility index (Phi) is 7.75. The summed E-state index contributed by atoms with van der Waals surface area (Å²) in [6.45, 7) is 14.4. The molecule has 7 heteroatoms. The highest BCUT2D eigenvalue weighted by atomic mass is 32.2. The zero-order valence-corrected chi connectivity index (χ0v) is 20.1. The van der Waals surface area contributed by atoms with Crippen LogP contribution in [0, 0.1) is 27.7 Å². The monoisotopic (exact) mass is 450 g/mol. The first-order valence-corrected chi connectivity index (χ1v) is 11.5. The van der Waals surface area contributed by atoms with Crippen LogP contribution in [-0.2, 0) is 11.3 Å². The molecule has 0 aliphatic carbocycles. The molecular formula is C25H30N4O2S. The van der Waals surface area contributed by atoms with Crippen molar-refractivity contribution in [2.24, 2.45) is 0 Å². The Morgan fingerprint density at radius 2 is 1.66 bits per heavy atom. The van der Waals surface area contributed by atoms with E-state index in [-0.39, 0.29) is 17.8 Å². The summed E-state index contributed by atoms with van der Waals surface area (Å²) in [5, 5.41) is 12.3. The van der Waals surface area contributed by atoms with E-state index in [1.54, 1.807) is 6.08 Å². The molecule has 6 nitrogen and oxygen atoms in total. The van der Waals surface area contributed by atoms with Crippen LogP contribution in [0.4, 0.5) is 5.69 Å². The second kappa shape index (κ2) is 10.5. The van der Waals surface area contributed by atoms with Crippen LogP contribution in [0.2, 0.25) is 0 Å². The van der Waals surface area contributed by atoms with Crippen LogP contribution in [0.3, 0.4) is 0 Å². The van der Waals surface area contributed by atoms with Gasteiger partial charge in [-0.2, -0.15) is 0 Å². The van der Waals surface area contributed by atoms with Crippen molar-refractivity contribution in [3.05, 3.63) is 77.1 Å². The number of thioether (sulfide) groups is 1. The SMILES string of the molecule is C=CCn1c(SCC(=O)Nc2cc(C)cc(C)c2)nnc1C(C)Oc1cc(C)cc(C)c1. The number of rotatable bonds is 9. The van der Waals surface area contributed by atoms with Crippen LogP contribution in [0.25, 0.3) is 0 Å². The minimum Gasteiger partial charge on any atom is -0.483 e. The molecule has 0 saturated carbocycles. The van der Waals surface area contributed by atoms with E-state index < -0.39 is 0 Å². The number of nitrogens with zero attached hydrogens (tertiary/aromatic N) is 3. The smallest absolute Gasteiger partial charge is 0.234 e. The molecular weight excluding hydrogens is 420 g/mol. The second-order valence-corrected chi connectivity index (χ2v) is 8.98. The largest absolute Gasteiger partial charge is 0.483 e. The molecule has 0 aliphatic heterocycles. The molecule has 2 aromatic carbocycles. The summed E-state index contributed by atoms with van der Waals surface area (Å²) in [4.78, 5) is 12.5. The maximum absolute atomic E-state index is 12.5. The normalized spacial score (nSPS) is 11.8. The highest BCUT2D eigenvalue weighted by molar-refractivity contribution is 7.99. The number of amides is 1. The molecule has 0 aliphatic rings. The van der Waals surface area contributed by atoms with E-state index >= 15 is 0 Å². The molecule has 0 fully saturated rings. The molecule has 168 valence electrons. The molecule has 1 unspecified atom stereocenters. The lowest BCUT2D eigenvalue weighted by Gasteiger charge is -2.16. The minimum atomic E-state index is -0.304. The summed E-state index contributed by atoms with van der Waals surface area (Å²) >= 11 is 1.35. The molecule has 1 atom stereocenters. The standard InChI is InChI=1S/C25H30N4O2S/c1-7-8-29-24(20(6)31-22-13-18(4)10-19(5)14-22)27-28-25(29)32-15-23(30)26-21-11-16(2)9-17(3)12-21/h7,9-14,20H,1,8,15H2,2-6H3,(H,26,30). The summed E-state index contributed by atoms with van der Waals surface area (Å²) < 4.78 is 8.08. The molecule has 0 radical (unpaired) electrons. The second-order valence-electron chi connectivity index (χ2n) is 8.04. The Balaban J connectivity index is 1.69. The van der Waals surface area contributed by atoms with Gasteiger partial charge < -0.3 is 10.1 Å². The quantitative estimate of drug-likeness (QED) is 0.341. The lowest BCUT2D eigenvalue weighted by Crippen LogP contribution is -2.15. The van der Waals surface area contributed by atoms with Crippen molar-refractivity contribution in [2.45, 2.75) is 52.4 Å². The molecule has 0 saturated heterocycles. The number of ether oxygens (including phenoxy) is 1. The van der Waals surface area contributed by atoms with Gasteiger partial charge in [0.2, 0.25) is 5.91 Å². The zero-order valence-electron chi connectivity index (χ0n) is 19.3. The third-order valence-electron chi connectivity index (χ3n) is 4.77. The Bertz CT molecular complexity index is 1080. The zero-order chi connectivity index (χ0) is 23.3. The van der Waals surface area contributed by atoms with Crippen LogP contribution in [0.5, 0.6) is 5.75 Å². The molecule has 1 aromatic heterocycles. The molecule has 32 heavy (non-hydrogen) atoms. The predicted octanol–water partition coefficient (Wildman–Crippen LogP) is 5.57. The number of carbonyl (C=O) groups excluding carboxylic acids is 1. The first-order valence-electron chi connectivity index (χ1n) is 10.5. The summed E-state index contributed by atoms with van der Waals surface area (Å²) in [5.41, 5.74) is 5.32. The average Bonchev–Trinajstić information content (AvgIpc) is 3.08. The lowest BCUT2D eigenvalue weighted by atomic mass is 10.1. The number of aryl methyl sites for hydroxylation is 4. The average molecular weight is 451 g/mol. The molecule has 3 rings (SSSR count). The third-order valence-corrected chi connectivity index (χ3v) is 5.73. The maximum Gasteiger partial charge on any atom is 0.234 e. The Hall–Kier alpha value is -3.06. The summed E-state index contributed by atoms with van der Waals surface area (Å²) in [6.07, 6.45) is 1.48. The van der Waals surface area contributed by atoms with Crippen LogP contribution in [0.15, 0.2) is 54.2 Å². The fourth-order valence-electron chi connectivity index (χ4n) is 3.64. The fourth-order valence-corrected chi connectivity index (χ4v) is 4.39. The minimum absolute atomic E-state index is 0.0887. The molecule has 1 N–H and O–H groups in total. The Labute approximate surface area is 194 Å². The van der Waals surface area contributed by atoms with E-state index in [2.05, 4.69) is 34.2 Å². The predicted molar refractivity (Wildman–Crippen MR) is 130 cm³/mol. The van der Waals surface area contributed by atoms with Gasteiger partial charge >= 0.3 is 0 Å². The Morgan fingerprint density at radius 1 is 1.06 bits per heavy atom. The lowest BCUT2D eigenvalue weighted by molar-refractivity contribution is -0.113. The molecule has 0 bridgehead atoms. The number of benzene rings is 2. The van der Waals surface area contributed by atoms with E-state index in [0.717, 1.165) is 33.7 Å². The number of allylic oxidation sites excluding steroid dienone is 1. The van der Waals surface area contributed by atoms with Gasteiger partial charge in [0.05, 0.1) is 5.75 Å². The van der Waals surface area contributed by atoms with Crippen molar-refractivity contribution in [3.63, 3.8) is 0 Å². The van der Waals surface area contributed by atoms with Crippen molar-refractivity contribution < 1.29 is 9.53 Å². The van der Waals surface area contributed by atoms with E-state index in [0.29, 0.717) is 17.5 Å². The molecule has 3 aromatic rings. The fraction of sp³-hybridized carbons (Fsp3) is 0.320. The van der Waals surface area contributed by atoms with Gasteiger partial charge in [-0.15, -0.1) is 16.8 Å². The summed E-state index contributed by atoms with van der Waals surface area (Å²) in [5.74, 6) is 1.63. The van der Waals surface area contributed by atoms with Gasteiger partial charge in [-0.25, -0.2) is 0 Å². The van der Waals surface area contributed by atoms with Gasteiger partial charge in [0.25, 0.3) is 0 Å². The first-order chi connectivity index (χ1) is 15.2. The van der Waals surface area contributed by atoms with Gasteiger partial charge in [0.1, 0.15) is 5.75 Å². The van der Waals surface area contributed by atoms with Gasteiger partial charge in [0.15, 0.2) is 17.1 Å². The number of anilines is 1. The summed E-state index contributed by atoms with van der Waals surface area (Å²) in [6, 6.07) is 12.1. The first kappa shape index (κ1) is 23.6. The van der Waals surface area contributed by atoms with Crippen molar-refractivity contribution in [3.8, 4) is 5.75 Å². The van der Waals surface area contributed by atoms with E-state index in [9.17, 15) is 4.79 Å². The number of hydrogen-bond acceptors (Lipinski definition) is 5. The van der Waals surface area contributed by atoms with Crippen molar-refractivity contribution in [2.75, 3.05) is 11.1 Å². The van der Waals surface area contributed by atoms with Crippen LogP contribution >= 0.6 is 11.8 Å². The van der Waals surface area contributed by atoms with Crippen molar-refractivity contribution in [1.29, 1.82) is 0 Å². The van der Waals surface area contributed by atoms with Crippen LogP contribution < -0.4 is 10.1 Å².